The first kappa shape index (κ1) is 22.6. The van der Waals surface area contributed by atoms with Crippen LogP contribution in [-0.4, -0.2) is 10.2 Å². The maximum Gasteiger partial charge on any atom is 0.158 e. The zero-order valence-electron chi connectivity index (χ0n) is 21.6. The van der Waals surface area contributed by atoms with Crippen LogP contribution >= 0.6 is 0 Å². The Morgan fingerprint density at radius 1 is 0.325 bits per heavy atom. The van der Waals surface area contributed by atoms with Crippen LogP contribution in [0.5, 0.6) is 11.5 Å². The van der Waals surface area contributed by atoms with Crippen molar-refractivity contribution in [2.45, 2.75) is 0 Å². The minimum absolute atomic E-state index is 0.122. The summed E-state index contributed by atoms with van der Waals surface area (Å²) in [6.45, 7) is 0. The molecule has 1 aliphatic rings. The summed E-state index contributed by atoms with van der Waals surface area (Å²) in [5, 5.41) is 25.7. The van der Waals surface area contributed by atoms with Crippen molar-refractivity contribution < 1.29 is 10.2 Å². The second kappa shape index (κ2) is 8.59. The summed E-state index contributed by atoms with van der Waals surface area (Å²) in [5.74, 6) is -0.243. The van der Waals surface area contributed by atoms with Gasteiger partial charge in [-0.2, -0.15) is 0 Å². The Bertz CT molecular complexity index is 2000. The van der Waals surface area contributed by atoms with Crippen LogP contribution in [-0.2, 0) is 0 Å². The first-order chi connectivity index (χ1) is 19.7. The van der Waals surface area contributed by atoms with Gasteiger partial charge in [0.25, 0.3) is 0 Å². The fourth-order valence-corrected chi connectivity index (χ4v) is 6.55. The summed E-state index contributed by atoms with van der Waals surface area (Å²) < 4.78 is 0. The third-order valence-electron chi connectivity index (χ3n) is 8.19. The third kappa shape index (κ3) is 3.17. The van der Waals surface area contributed by atoms with E-state index in [2.05, 4.69) is 103 Å². The van der Waals surface area contributed by atoms with E-state index in [1.807, 2.05) is 18.2 Å². The zero-order chi connectivity index (χ0) is 26.8. The van der Waals surface area contributed by atoms with Crippen molar-refractivity contribution in [1.82, 2.24) is 0 Å². The van der Waals surface area contributed by atoms with Gasteiger partial charge in [0.1, 0.15) is 0 Å². The van der Waals surface area contributed by atoms with Gasteiger partial charge in [0.15, 0.2) is 11.5 Å². The average molecular weight is 513 g/mol. The predicted octanol–water partition coefficient (Wildman–Crippen LogP) is 10.1. The Labute approximate surface area is 232 Å². The van der Waals surface area contributed by atoms with Crippen LogP contribution in [0.25, 0.3) is 77.2 Å². The molecule has 0 fully saturated rings. The molecule has 0 saturated heterocycles. The van der Waals surface area contributed by atoms with Gasteiger partial charge in [-0.1, -0.05) is 121 Å². The highest BCUT2D eigenvalue weighted by atomic mass is 16.3. The summed E-state index contributed by atoms with van der Waals surface area (Å²) in [6.07, 6.45) is 0. The Kier molecular flexibility index (Phi) is 4.86. The van der Waals surface area contributed by atoms with Crippen molar-refractivity contribution >= 4 is 21.5 Å². The van der Waals surface area contributed by atoms with E-state index < -0.39 is 0 Å². The lowest BCUT2D eigenvalue weighted by molar-refractivity contribution is 0.405. The van der Waals surface area contributed by atoms with Crippen LogP contribution in [0, 0.1) is 0 Å². The quantitative estimate of drug-likeness (QED) is 0.231. The summed E-state index contributed by atoms with van der Waals surface area (Å²) >= 11 is 0. The normalized spacial score (nSPS) is 11.7. The molecule has 8 rings (SSSR count). The van der Waals surface area contributed by atoms with Crippen LogP contribution < -0.4 is 0 Å². The van der Waals surface area contributed by atoms with Gasteiger partial charge in [0, 0.05) is 0 Å². The molecule has 188 valence electrons. The second-order valence-electron chi connectivity index (χ2n) is 10.4. The third-order valence-corrected chi connectivity index (χ3v) is 8.19. The Hall–Kier alpha value is -5.34. The number of fused-ring (bicyclic) bond motifs is 4. The molecule has 0 atom stereocenters. The average Bonchev–Trinajstić information content (AvgIpc) is 3.33. The molecule has 0 aromatic heterocycles. The van der Waals surface area contributed by atoms with Gasteiger partial charge < -0.3 is 10.2 Å². The highest BCUT2D eigenvalue weighted by molar-refractivity contribution is 6.29. The molecule has 7 aromatic carbocycles. The van der Waals surface area contributed by atoms with E-state index in [0.29, 0.717) is 0 Å². The number of phenolic OH excluding ortho intramolecular Hbond substituents is 2. The van der Waals surface area contributed by atoms with Gasteiger partial charge in [-0.05, 0) is 89.3 Å². The number of hydrogen-bond donors (Lipinski definition) is 2. The smallest absolute Gasteiger partial charge is 0.158 e. The molecular weight excluding hydrogens is 488 g/mol. The Morgan fingerprint density at radius 3 is 1.30 bits per heavy atom. The topological polar surface area (TPSA) is 40.5 Å². The van der Waals surface area contributed by atoms with Crippen molar-refractivity contribution in [3.05, 3.63) is 133 Å². The molecule has 0 unspecified atom stereocenters. The van der Waals surface area contributed by atoms with E-state index in [1.165, 1.54) is 33.0 Å². The van der Waals surface area contributed by atoms with Crippen molar-refractivity contribution in [2.24, 2.45) is 0 Å². The Morgan fingerprint density at radius 2 is 0.775 bits per heavy atom. The van der Waals surface area contributed by atoms with Crippen molar-refractivity contribution in [3.8, 4) is 67.1 Å². The van der Waals surface area contributed by atoms with Gasteiger partial charge in [-0.15, -0.1) is 0 Å². The molecule has 40 heavy (non-hydrogen) atoms. The molecule has 0 radical (unpaired) electrons. The lowest BCUT2D eigenvalue weighted by Crippen LogP contribution is -1.93. The van der Waals surface area contributed by atoms with Crippen LogP contribution in [0.15, 0.2) is 133 Å². The van der Waals surface area contributed by atoms with Crippen LogP contribution in [0.1, 0.15) is 0 Å². The maximum atomic E-state index is 10.7. The van der Waals surface area contributed by atoms with Crippen LogP contribution in [0.4, 0.5) is 0 Å². The van der Waals surface area contributed by atoms with Crippen molar-refractivity contribution in [1.29, 1.82) is 0 Å². The van der Waals surface area contributed by atoms with E-state index in [1.54, 1.807) is 12.1 Å². The van der Waals surface area contributed by atoms with Gasteiger partial charge in [-0.25, -0.2) is 0 Å². The summed E-state index contributed by atoms with van der Waals surface area (Å²) in [7, 11) is 0. The maximum absolute atomic E-state index is 10.7. The summed E-state index contributed by atoms with van der Waals surface area (Å²) in [6, 6.07) is 45.8. The molecule has 0 saturated carbocycles. The minimum Gasteiger partial charge on any atom is -0.504 e. The van der Waals surface area contributed by atoms with E-state index in [4.69, 9.17) is 0 Å². The number of benzene rings is 7. The van der Waals surface area contributed by atoms with E-state index in [9.17, 15) is 10.2 Å². The van der Waals surface area contributed by atoms with Crippen LogP contribution in [0.2, 0.25) is 0 Å². The van der Waals surface area contributed by atoms with E-state index >= 15 is 0 Å². The van der Waals surface area contributed by atoms with Gasteiger partial charge >= 0.3 is 0 Å². The molecule has 0 bridgehead atoms. The van der Waals surface area contributed by atoms with E-state index in [0.717, 1.165) is 44.2 Å². The summed E-state index contributed by atoms with van der Waals surface area (Å²) in [4.78, 5) is 0. The monoisotopic (exact) mass is 512 g/mol. The SMILES string of the molecule is Oc1cc2c(-c3ccccc3)c3c(c(-c4ccccc4)c2cc1O)-c1ccc(-c2ccccc2)c2cccc-3c12. The fourth-order valence-electron chi connectivity index (χ4n) is 6.55. The molecule has 0 aliphatic heterocycles. The molecule has 2 nitrogen and oxygen atoms in total. The van der Waals surface area contributed by atoms with Gasteiger partial charge in [0.05, 0.1) is 0 Å². The molecule has 0 amide bonds. The molecule has 2 N–H and O–H groups in total. The second-order valence-corrected chi connectivity index (χ2v) is 10.4. The highest BCUT2D eigenvalue weighted by Crippen LogP contribution is 2.59. The molecule has 0 spiro atoms. The number of phenols is 2. The number of hydrogen-bond acceptors (Lipinski definition) is 2. The van der Waals surface area contributed by atoms with Crippen molar-refractivity contribution in [2.75, 3.05) is 0 Å². The fraction of sp³-hybridized carbons (Fsp3) is 0. The van der Waals surface area contributed by atoms with E-state index in [-0.39, 0.29) is 11.5 Å². The van der Waals surface area contributed by atoms with Crippen molar-refractivity contribution in [3.63, 3.8) is 0 Å². The first-order valence-corrected chi connectivity index (χ1v) is 13.5. The number of rotatable bonds is 3. The summed E-state index contributed by atoms with van der Waals surface area (Å²) in [5.41, 5.74) is 11.3. The standard InChI is InChI=1S/C38H24O2/c39-32-21-30-31(22-33(32)40)35(25-15-8-3-9-16-25)38-29-20-19-26(23-11-4-1-5-12-23)27-17-10-18-28(36(27)29)37(38)34(30)24-13-6-2-7-14-24/h1-22,39-40H. The molecular formula is C38H24O2. The molecule has 0 heterocycles. The molecule has 7 aromatic rings. The minimum atomic E-state index is -0.122. The first-order valence-electron chi connectivity index (χ1n) is 13.5. The largest absolute Gasteiger partial charge is 0.504 e. The highest BCUT2D eigenvalue weighted by Gasteiger charge is 2.31. The van der Waals surface area contributed by atoms with Gasteiger partial charge in [-0.3, -0.25) is 0 Å². The zero-order valence-corrected chi connectivity index (χ0v) is 21.6. The lowest BCUT2D eigenvalue weighted by Gasteiger charge is -2.21. The predicted molar refractivity (Wildman–Crippen MR) is 166 cm³/mol. The number of aromatic hydroxyl groups is 2. The lowest BCUT2D eigenvalue weighted by atomic mass is 9.82. The Balaban J connectivity index is 1.61. The molecule has 1 aliphatic carbocycles. The molecule has 2 heteroatoms. The van der Waals surface area contributed by atoms with Crippen LogP contribution in [0.3, 0.4) is 0 Å². The van der Waals surface area contributed by atoms with Gasteiger partial charge in [0.2, 0.25) is 0 Å².